The van der Waals surface area contributed by atoms with Crippen LogP contribution in [0.5, 0.6) is 0 Å². The van der Waals surface area contributed by atoms with Crippen LogP contribution < -0.4 is 10.6 Å². The second-order valence-electron chi connectivity index (χ2n) is 5.94. The molecule has 0 spiro atoms. The molecule has 6 nitrogen and oxygen atoms in total. The zero-order valence-electron chi connectivity index (χ0n) is 15.3. The number of thioether (sulfide) groups is 1. The SMILES string of the molecule is CSCC[C@H](NC(=O)c1cccnc1)C(=O)Nc1nc(-c2ccccc2)cs1. The van der Waals surface area contributed by atoms with Crippen LogP contribution in [-0.4, -0.2) is 39.8 Å². The van der Waals surface area contributed by atoms with Crippen LogP contribution in [0.15, 0.2) is 60.2 Å². The van der Waals surface area contributed by atoms with Crippen LogP contribution in [0.1, 0.15) is 16.8 Å². The number of pyridine rings is 1. The van der Waals surface area contributed by atoms with Crippen molar-refractivity contribution in [3.63, 3.8) is 0 Å². The molecule has 1 aromatic carbocycles. The van der Waals surface area contributed by atoms with Crippen LogP contribution in [0.4, 0.5) is 5.13 Å². The van der Waals surface area contributed by atoms with Gasteiger partial charge in [0.2, 0.25) is 5.91 Å². The van der Waals surface area contributed by atoms with Gasteiger partial charge in [0.15, 0.2) is 5.13 Å². The third-order valence-corrected chi connectivity index (χ3v) is 5.36. The third-order valence-electron chi connectivity index (χ3n) is 3.96. The molecule has 0 aliphatic rings. The summed E-state index contributed by atoms with van der Waals surface area (Å²) in [6.45, 7) is 0. The Morgan fingerprint density at radius 3 is 2.71 bits per heavy atom. The van der Waals surface area contributed by atoms with E-state index < -0.39 is 6.04 Å². The summed E-state index contributed by atoms with van der Waals surface area (Å²) < 4.78 is 0. The second-order valence-corrected chi connectivity index (χ2v) is 7.79. The van der Waals surface area contributed by atoms with Crippen LogP contribution in [0.2, 0.25) is 0 Å². The molecule has 28 heavy (non-hydrogen) atoms. The van der Waals surface area contributed by atoms with E-state index in [4.69, 9.17) is 0 Å². The average Bonchev–Trinajstić information content (AvgIpc) is 3.20. The summed E-state index contributed by atoms with van der Waals surface area (Å²) >= 11 is 2.98. The number of aromatic nitrogens is 2. The maximum absolute atomic E-state index is 12.7. The molecule has 1 atom stereocenters. The molecule has 0 unspecified atom stereocenters. The van der Waals surface area contributed by atoms with Gasteiger partial charge in [0, 0.05) is 23.3 Å². The molecule has 2 amide bonds. The van der Waals surface area contributed by atoms with Gasteiger partial charge in [0.25, 0.3) is 5.91 Å². The molecular formula is C20H20N4O2S2. The molecule has 2 N–H and O–H groups in total. The molecule has 0 bridgehead atoms. The Hall–Kier alpha value is -2.71. The molecule has 2 heterocycles. The number of carbonyl (C=O) groups excluding carboxylic acids is 2. The third kappa shape index (κ3) is 5.40. The van der Waals surface area contributed by atoms with E-state index in [2.05, 4.69) is 20.6 Å². The Kier molecular flexibility index (Phi) is 7.16. The predicted molar refractivity (Wildman–Crippen MR) is 115 cm³/mol. The van der Waals surface area contributed by atoms with Gasteiger partial charge in [-0.15, -0.1) is 11.3 Å². The molecular weight excluding hydrogens is 392 g/mol. The highest BCUT2D eigenvalue weighted by Crippen LogP contribution is 2.24. The lowest BCUT2D eigenvalue weighted by atomic mass is 10.2. The van der Waals surface area contributed by atoms with E-state index in [-0.39, 0.29) is 11.8 Å². The Bertz CT molecular complexity index is 916. The van der Waals surface area contributed by atoms with Gasteiger partial charge in [-0.05, 0) is 30.6 Å². The number of hydrogen-bond donors (Lipinski definition) is 2. The highest BCUT2D eigenvalue weighted by molar-refractivity contribution is 7.98. The lowest BCUT2D eigenvalue weighted by Gasteiger charge is -2.17. The number of hydrogen-bond acceptors (Lipinski definition) is 6. The summed E-state index contributed by atoms with van der Waals surface area (Å²) in [4.78, 5) is 33.6. The fraction of sp³-hybridized carbons (Fsp3) is 0.200. The van der Waals surface area contributed by atoms with E-state index in [9.17, 15) is 9.59 Å². The molecule has 8 heteroatoms. The zero-order chi connectivity index (χ0) is 19.8. The summed E-state index contributed by atoms with van der Waals surface area (Å²) in [7, 11) is 0. The summed E-state index contributed by atoms with van der Waals surface area (Å²) in [5.41, 5.74) is 2.22. The molecule has 0 aliphatic heterocycles. The Labute approximate surface area is 171 Å². The topological polar surface area (TPSA) is 84.0 Å². The number of benzene rings is 1. The molecule has 0 saturated carbocycles. The highest BCUT2D eigenvalue weighted by atomic mass is 32.2. The van der Waals surface area contributed by atoms with Gasteiger partial charge in [0.05, 0.1) is 11.3 Å². The first-order chi connectivity index (χ1) is 13.7. The van der Waals surface area contributed by atoms with Gasteiger partial charge in [-0.1, -0.05) is 30.3 Å². The van der Waals surface area contributed by atoms with E-state index in [1.807, 2.05) is 42.0 Å². The molecule has 3 aromatic rings. The minimum absolute atomic E-state index is 0.278. The monoisotopic (exact) mass is 412 g/mol. The number of nitrogens with one attached hydrogen (secondary N) is 2. The van der Waals surface area contributed by atoms with Crippen LogP contribution in [-0.2, 0) is 4.79 Å². The standard InChI is InChI=1S/C20H20N4O2S2/c1-27-11-9-16(22-18(25)15-8-5-10-21-12-15)19(26)24-20-23-17(13-28-20)14-6-3-2-4-7-14/h2-8,10,12-13,16H,9,11H2,1H3,(H,22,25)(H,23,24,26)/t16-/m0/s1. The maximum Gasteiger partial charge on any atom is 0.253 e. The molecule has 2 aromatic heterocycles. The molecule has 3 rings (SSSR count). The second kappa shape index (κ2) is 10.0. The van der Waals surface area contributed by atoms with E-state index in [0.717, 1.165) is 17.0 Å². The van der Waals surface area contributed by atoms with Crippen molar-refractivity contribution in [3.8, 4) is 11.3 Å². The predicted octanol–water partition coefficient (Wildman–Crippen LogP) is 3.70. The number of thiazole rings is 1. The molecule has 0 radical (unpaired) electrons. The number of anilines is 1. The van der Waals surface area contributed by atoms with Crippen LogP contribution in [0.25, 0.3) is 11.3 Å². The van der Waals surface area contributed by atoms with Gasteiger partial charge in [-0.2, -0.15) is 11.8 Å². The van der Waals surface area contributed by atoms with Crippen molar-refractivity contribution in [1.29, 1.82) is 0 Å². The van der Waals surface area contributed by atoms with Crippen molar-refractivity contribution >= 4 is 40.0 Å². The smallest absolute Gasteiger partial charge is 0.253 e. The van der Waals surface area contributed by atoms with Crippen molar-refractivity contribution in [3.05, 3.63) is 65.8 Å². The number of amides is 2. The van der Waals surface area contributed by atoms with Crippen molar-refractivity contribution < 1.29 is 9.59 Å². The van der Waals surface area contributed by atoms with Crippen molar-refractivity contribution in [1.82, 2.24) is 15.3 Å². The fourth-order valence-corrected chi connectivity index (χ4v) is 3.70. The van der Waals surface area contributed by atoms with E-state index >= 15 is 0 Å². The molecule has 0 aliphatic carbocycles. The largest absolute Gasteiger partial charge is 0.340 e. The molecule has 0 saturated heterocycles. The van der Waals surface area contributed by atoms with Gasteiger partial charge in [-0.25, -0.2) is 4.98 Å². The van der Waals surface area contributed by atoms with Crippen molar-refractivity contribution in [2.45, 2.75) is 12.5 Å². The van der Waals surface area contributed by atoms with Gasteiger partial charge in [0.1, 0.15) is 6.04 Å². The van der Waals surface area contributed by atoms with Crippen LogP contribution >= 0.6 is 23.1 Å². The minimum atomic E-state index is -0.649. The first-order valence-electron chi connectivity index (χ1n) is 8.69. The number of nitrogens with zero attached hydrogens (tertiary/aromatic N) is 2. The normalized spacial score (nSPS) is 11.6. The first kappa shape index (κ1) is 20.0. The summed E-state index contributed by atoms with van der Waals surface area (Å²) in [6.07, 6.45) is 5.56. The van der Waals surface area contributed by atoms with Gasteiger partial charge < -0.3 is 10.6 Å². The minimum Gasteiger partial charge on any atom is -0.340 e. The summed E-state index contributed by atoms with van der Waals surface area (Å²) in [6, 6.07) is 12.5. The Balaban J connectivity index is 1.68. The summed E-state index contributed by atoms with van der Waals surface area (Å²) in [5, 5.41) is 8.03. The van der Waals surface area contributed by atoms with Crippen molar-refractivity contribution in [2.24, 2.45) is 0 Å². The maximum atomic E-state index is 12.7. The first-order valence-corrected chi connectivity index (χ1v) is 11.0. The average molecular weight is 413 g/mol. The Morgan fingerprint density at radius 1 is 1.18 bits per heavy atom. The lowest BCUT2D eigenvalue weighted by Crippen LogP contribution is -2.44. The van der Waals surface area contributed by atoms with E-state index in [1.54, 1.807) is 30.1 Å². The highest BCUT2D eigenvalue weighted by Gasteiger charge is 2.22. The van der Waals surface area contributed by atoms with Crippen molar-refractivity contribution in [2.75, 3.05) is 17.3 Å². The zero-order valence-corrected chi connectivity index (χ0v) is 16.9. The fourth-order valence-electron chi connectivity index (χ4n) is 2.51. The quantitative estimate of drug-likeness (QED) is 0.589. The Morgan fingerprint density at radius 2 is 2.00 bits per heavy atom. The van der Waals surface area contributed by atoms with E-state index in [0.29, 0.717) is 17.1 Å². The van der Waals surface area contributed by atoms with Gasteiger partial charge >= 0.3 is 0 Å². The molecule has 0 fully saturated rings. The summed E-state index contributed by atoms with van der Waals surface area (Å²) in [5.74, 6) is 0.150. The molecule has 144 valence electrons. The lowest BCUT2D eigenvalue weighted by molar-refractivity contribution is -0.118. The van der Waals surface area contributed by atoms with Gasteiger partial charge in [-0.3, -0.25) is 14.6 Å². The van der Waals surface area contributed by atoms with Crippen LogP contribution in [0.3, 0.4) is 0 Å². The number of carbonyl (C=O) groups is 2. The number of rotatable bonds is 8. The van der Waals surface area contributed by atoms with E-state index in [1.165, 1.54) is 17.5 Å². The van der Waals surface area contributed by atoms with Crippen LogP contribution in [0, 0.1) is 0 Å².